The number of carbonyl (C=O) groups is 1. The van der Waals surface area contributed by atoms with Crippen molar-refractivity contribution in [2.75, 3.05) is 20.1 Å². The molecular weight excluding hydrogens is 286 g/mol. The first kappa shape index (κ1) is 17.4. The molecule has 118 valence electrons. The number of hydrogen-bond donors (Lipinski definition) is 3. The largest absolute Gasteiger partial charge is 0.356 e. The number of aromatic nitrogens is 1. The van der Waals surface area contributed by atoms with Crippen molar-refractivity contribution < 1.29 is 4.79 Å². The van der Waals surface area contributed by atoms with Crippen LogP contribution in [0, 0.1) is 6.92 Å². The van der Waals surface area contributed by atoms with Gasteiger partial charge < -0.3 is 16.0 Å². The zero-order chi connectivity index (χ0) is 15.7. The zero-order valence-corrected chi connectivity index (χ0v) is 14.0. The smallest absolute Gasteiger partial charge is 0.221 e. The third kappa shape index (κ3) is 7.65. The van der Waals surface area contributed by atoms with Gasteiger partial charge in [-0.05, 0) is 20.8 Å². The number of amides is 1. The molecule has 1 amide bonds. The molecule has 1 rings (SSSR count). The summed E-state index contributed by atoms with van der Waals surface area (Å²) in [5.41, 5.74) is 0. The Labute approximate surface area is 130 Å². The maximum absolute atomic E-state index is 11.5. The number of carbonyl (C=O) groups excluding carboxylic acids is 1. The van der Waals surface area contributed by atoms with Crippen molar-refractivity contribution in [2.24, 2.45) is 4.99 Å². The molecule has 6 nitrogen and oxygen atoms in total. The second-order valence-electron chi connectivity index (χ2n) is 5.01. The Bertz CT molecular complexity index is 470. The van der Waals surface area contributed by atoms with Crippen molar-refractivity contribution in [3.63, 3.8) is 0 Å². The molecule has 1 heterocycles. The monoisotopic (exact) mass is 311 g/mol. The van der Waals surface area contributed by atoms with Crippen LogP contribution in [0.25, 0.3) is 0 Å². The number of hydrogen-bond acceptors (Lipinski definition) is 4. The van der Waals surface area contributed by atoms with Crippen molar-refractivity contribution in [2.45, 2.75) is 39.7 Å². The van der Waals surface area contributed by atoms with E-state index >= 15 is 0 Å². The highest BCUT2D eigenvalue weighted by Gasteiger charge is 2.04. The van der Waals surface area contributed by atoms with Crippen molar-refractivity contribution in [1.29, 1.82) is 0 Å². The van der Waals surface area contributed by atoms with Gasteiger partial charge in [0.1, 0.15) is 0 Å². The Morgan fingerprint density at radius 3 is 2.67 bits per heavy atom. The molecule has 21 heavy (non-hydrogen) atoms. The molecule has 1 aromatic rings. The minimum absolute atomic E-state index is 0.0474. The van der Waals surface area contributed by atoms with E-state index in [1.54, 1.807) is 18.4 Å². The van der Waals surface area contributed by atoms with Crippen molar-refractivity contribution in [3.05, 3.63) is 16.1 Å². The first-order valence-corrected chi connectivity index (χ1v) is 7.98. The van der Waals surface area contributed by atoms with E-state index in [1.807, 2.05) is 20.0 Å². The molecule has 0 aliphatic rings. The highest BCUT2D eigenvalue weighted by Crippen LogP contribution is 2.10. The lowest BCUT2D eigenvalue weighted by Crippen LogP contribution is -2.40. The van der Waals surface area contributed by atoms with Crippen molar-refractivity contribution in [3.8, 4) is 0 Å². The first-order chi connectivity index (χ1) is 10.0. The van der Waals surface area contributed by atoms with Crippen LogP contribution >= 0.6 is 11.3 Å². The molecule has 0 spiro atoms. The van der Waals surface area contributed by atoms with Crippen LogP contribution in [0.3, 0.4) is 0 Å². The molecule has 0 fully saturated rings. The Hall–Kier alpha value is -1.63. The van der Waals surface area contributed by atoms with Gasteiger partial charge in [-0.1, -0.05) is 0 Å². The first-order valence-electron chi connectivity index (χ1n) is 7.16. The van der Waals surface area contributed by atoms with Crippen molar-refractivity contribution >= 4 is 23.2 Å². The highest BCUT2D eigenvalue weighted by atomic mass is 32.1. The lowest BCUT2D eigenvalue weighted by atomic mass is 10.3. The van der Waals surface area contributed by atoms with E-state index in [0.29, 0.717) is 18.9 Å². The average molecular weight is 311 g/mol. The summed E-state index contributed by atoms with van der Waals surface area (Å²) in [6, 6.07) is 0.177. The summed E-state index contributed by atoms with van der Waals surface area (Å²) in [6.07, 6.45) is 3.19. The number of guanidine groups is 1. The van der Waals surface area contributed by atoms with Gasteiger partial charge in [0, 0.05) is 50.1 Å². The maximum Gasteiger partial charge on any atom is 0.221 e. The van der Waals surface area contributed by atoms with Crippen LogP contribution in [0.15, 0.2) is 11.2 Å². The minimum atomic E-state index is 0.0474. The summed E-state index contributed by atoms with van der Waals surface area (Å²) in [7, 11) is 1.72. The molecule has 1 aromatic heterocycles. The summed E-state index contributed by atoms with van der Waals surface area (Å²) >= 11 is 1.71. The quantitative estimate of drug-likeness (QED) is 0.520. The predicted octanol–water partition coefficient (Wildman–Crippen LogP) is 1.07. The molecule has 0 bridgehead atoms. The predicted molar refractivity (Wildman–Crippen MR) is 87.8 cm³/mol. The summed E-state index contributed by atoms with van der Waals surface area (Å²) in [5.74, 6) is 0.756. The zero-order valence-electron chi connectivity index (χ0n) is 13.2. The Morgan fingerprint density at radius 1 is 1.38 bits per heavy atom. The van der Waals surface area contributed by atoms with Crippen LogP contribution in [0.4, 0.5) is 0 Å². The minimum Gasteiger partial charge on any atom is -0.356 e. The third-order valence-electron chi connectivity index (χ3n) is 2.62. The molecule has 0 aromatic carbocycles. The standard InChI is InChI=1S/C14H25N5OS/c1-10(2)19-12(20)5-7-16-14(15-4)17-8-6-13-18-9-11(3)21-13/h9-10H,5-8H2,1-4H3,(H,19,20)(H2,15,16,17). The van der Waals surface area contributed by atoms with E-state index in [9.17, 15) is 4.79 Å². The fraction of sp³-hybridized carbons (Fsp3) is 0.643. The fourth-order valence-electron chi connectivity index (χ4n) is 1.71. The highest BCUT2D eigenvalue weighted by molar-refractivity contribution is 7.11. The molecule has 0 unspecified atom stereocenters. The van der Waals surface area contributed by atoms with Gasteiger partial charge in [-0.25, -0.2) is 4.98 Å². The molecule has 0 aliphatic heterocycles. The van der Waals surface area contributed by atoms with Gasteiger partial charge in [-0.2, -0.15) is 0 Å². The van der Waals surface area contributed by atoms with Gasteiger partial charge in [0.15, 0.2) is 5.96 Å². The lowest BCUT2D eigenvalue weighted by Gasteiger charge is -2.12. The normalized spacial score (nSPS) is 11.6. The van der Waals surface area contributed by atoms with Crippen LogP contribution < -0.4 is 16.0 Å². The van der Waals surface area contributed by atoms with E-state index in [4.69, 9.17) is 0 Å². The number of rotatable bonds is 7. The van der Waals surface area contributed by atoms with Gasteiger partial charge in [0.05, 0.1) is 5.01 Å². The number of nitrogens with one attached hydrogen (secondary N) is 3. The Morgan fingerprint density at radius 2 is 2.10 bits per heavy atom. The van der Waals surface area contributed by atoms with E-state index in [-0.39, 0.29) is 11.9 Å². The molecule has 0 radical (unpaired) electrons. The van der Waals surface area contributed by atoms with E-state index in [1.165, 1.54) is 4.88 Å². The number of aryl methyl sites for hydroxylation is 1. The fourth-order valence-corrected chi connectivity index (χ4v) is 2.50. The van der Waals surface area contributed by atoms with E-state index in [0.717, 1.165) is 18.0 Å². The van der Waals surface area contributed by atoms with Crippen LogP contribution in [0.2, 0.25) is 0 Å². The van der Waals surface area contributed by atoms with Crippen LogP contribution in [-0.4, -0.2) is 43.0 Å². The van der Waals surface area contributed by atoms with Gasteiger partial charge in [-0.3, -0.25) is 9.79 Å². The Kier molecular flexibility index (Phi) is 7.74. The number of aliphatic imine (C=N–C) groups is 1. The van der Waals surface area contributed by atoms with Crippen molar-refractivity contribution in [1.82, 2.24) is 20.9 Å². The average Bonchev–Trinajstić information content (AvgIpc) is 2.82. The van der Waals surface area contributed by atoms with Crippen LogP contribution in [0.5, 0.6) is 0 Å². The summed E-state index contributed by atoms with van der Waals surface area (Å²) in [5, 5.41) is 10.3. The van der Waals surface area contributed by atoms with Gasteiger partial charge in [-0.15, -0.1) is 11.3 Å². The van der Waals surface area contributed by atoms with E-state index in [2.05, 4.69) is 32.9 Å². The summed E-state index contributed by atoms with van der Waals surface area (Å²) < 4.78 is 0. The second kappa shape index (κ2) is 9.33. The van der Waals surface area contributed by atoms with Crippen LogP contribution in [-0.2, 0) is 11.2 Å². The molecule has 0 aliphatic carbocycles. The molecule has 3 N–H and O–H groups in total. The lowest BCUT2D eigenvalue weighted by molar-refractivity contribution is -0.121. The molecule has 7 heteroatoms. The SMILES string of the molecule is CN=C(NCCC(=O)NC(C)C)NCCc1ncc(C)s1. The summed E-state index contributed by atoms with van der Waals surface area (Å²) in [4.78, 5) is 21.2. The topological polar surface area (TPSA) is 78.4 Å². The number of thiazole rings is 1. The van der Waals surface area contributed by atoms with E-state index < -0.39 is 0 Å². The third-order valence-corrected chi connectivity index (χ3v) is 3.59. The second-order valence-corrected chi connectivity index (χ2v) is 6.33. The Balaban J connectivity index is 2.18. The molecule has 0 atom stereocenters. The van der Waals surface area contributed by atoms with Crippen LogP contribution in [0.1, 0.15) is 30.2 Å². The molecule has 0 saturated carbocycles. The summed E-state index contributed by atoms with van der Waals surface area (Å²) in [6.45, 7) is 7.29. The maximum atomic E-state index is 11.5. The van der Waals surface area contributed by atoms with Gasteiger partial charge >= 0.3 is 0 Å². The molecule has 0 saturated heterocycles. The molecular formula is C14H25N5OS. The van der Waals surface area contributed by atoms with Gasteiger partial charge in [0.25, 0.3) is 0 Å². The van der Waals surface area contributed by atoms with Gasteiger partial charge in [0.2, 0.25) is 5.91 Å². The number of nitrogens with zero attached hydrogens (tertiary/aromatic N) is 2.